The Morgan fingerprint density at radius 2 is 1.89 bits per heavy atom. The number of nitrogens with one attached hydrogen (secondary N) is 1. The minimum atomic E-state index is 0.0250. The van der Waals surface area contributed by atoms with Gasteiger partial charge in [0, 0.05) is 32.2 Å². The highest BCUT2D eigenvalue weighted by Gasteiger charge is 2.27. The van der Waals surface area contributed by atoms with E-state index in [2.05, 4.69) is 17.1 Å². The average Bonchev–Trinajstić information content (AvgIpc) is 2.35. The first-order chi connectivity index (χ1) is 8.95. The molecule has 0 bridgehead atoms. The van der Waals surface area contributed by atoms with Gasteiger partial charge in [0.2, 0.25) is 0 Å². The molecule has 0 aromatic rings. The van der Waals surface area contributed by atoms with Crippen molar-refractivity contribution >= 4 is 23.2 Å². The van der Waals surface area contributed by atoms with E-state index < -0.39 is 0 Å². The fourth-order valence-electron chi connectivity index (χ4n) is 2.35. The third-order valence-corrected chi connectivity index (χ3v) is 3.62. The SMILES string of the molecule is CCCC(C(N)=S)N1CCN(C(=O)NC(C)C)CC1. The quantitative estimate of drug-likeness (QED) is 0.745. The zero-order valence-electron chi connectivity index (χ0n) is 12.2. The van der Waals surface area contributed by atoms with Crippen LogP contribution in [0.2, 0.25) is 0 Å². The zero-order chi connectivity index (χ0) is 14.4. The summed E-state index contributed by atoms with van der Waals surface area (Å²) in [5.74, 6) is 0. The van der Waals surface area contributed by atoms with E-state index in [-0.39, 0.29) is 18.1 Å². The van der Waals surface area contributed by atoms with E-state index in [0.717, 1.165) is 39.0 Å². The van der Waals surface area contributed by atoms with Crippen molar-refractivity contribution in [1.82, 2.24) is 15.1 Å². The Morgan fingerprint density at radius 1 is 1.32 bits per heavy atom. The number of hydrogen-bond acceptors (Lipinski definition) is 3. The summed E-state index contributed by atoms with van der Waals surface area (Å²) in [6.07, 6.45) is 2.06. The lowest BCUT2D eigenvalue weighted by molar-refractivity contribution is 0.124. The molecule has 0 spiro atoms. The van der Waals surface area contributed by atoms with Gasteiger partial charge in [-0.1, -0.05) is 25.6 Å². The van der Waals surface area contributed by atoms with Crippen molar-refractivity contribution in [3.63, 3.8) is 0 Å². The van der Waals surface area contributed by atoms with Crippen molar-refractivity contribution in [2.45, 2.75) is 45.7 Å². The largest absolute Gasteiger partial charge is 0.392 e. The van der Waals surface area contributed by atoms with Crippen LogP contribution in [0.25, 0.3) is 0 Å². The fourth-order valence-corrected chi connectivity index (χ4v) is 2.62. The molecule has 0 aromatic carbocycles. The van der Waals surface area contributed by atoms with Crippen LogP contribution in [-0.4, -0.2) is 59.1 Å². The van der Waals surface area contributed by atoms with Crippen molar-refractivity contribution in [2.24, 2.45) is 5.73 Å². The van der Waals surface area contributed by atoms with Gasteiger partial charge < -0.3 is 16.0 Å². The van der Waals surface area contributed by atoms with Gasteiger partial charge in [0.05, 0.1) is 11.0 Å². The maximum Gasteiger partial charge on any atom is 0.317 e. The van der Waals surface area contributed by atoms with Crippen molar-refractivity contribution < 1.29 is 4.79 Å². The summed E-state index contributed by atoms with van der Waals surface area (Å²) in [6.45, 7) is 9.23. The van der Waals surface area contributed by atoms with Gasteiger partial charge in [-0.25, -0.2) is 4.79 Å². The lowest BCUT2D eigenvalue weighted by Crippen LogP contribution is -2.56. The predicted octanol–water partition coefficient (Wildman–Crippen LogP) is 1.18. The van der Waals surface area contributed by atoms with Gasteiger partial charge in [-0.3, -0.25) is 4.90 Å². The molecule has 1 unspecified atom stereocenters. The van der Waals surface area contributed by atoms with E-state index >= 15 is 0 Å². The molecular formula is C13H26N4OS. The van der Waals surface area contributed by atoms with E-state index in [4.69, 9.17) is 18.0 Å². The van der Waals surface area contributed by atoms with Crippen LogP contribution in [0.1, 0.15) is 33.6 Å². The summed E-state index contributed by atoms with van der Waals surface area (Å²) in [7, 11) is 0. The molecule has 0 radical (unpaired) electrons. The lowest BCUT2D eigenvalue weighted by Gasteiger charge is -2.39. The second-order valence-corrected chi connectivity index (χ2v) is 5.81. The number of thiocarbonyl (C=S) groups is 1. The number of rotatable bonds is 5. The summed E-state index contributed by atoms with van der Waals surface area (Å²) in [5.41, 5.74) is 5.81. The van der Waals surface area contributed by atoms with E-state index in [0.29, 0.717) is 4.99 Å². The molecule has 1 saturated heterocycles. The highest BCUT2D eigenvalue weighted by atomic mass is 32.1. The van der Waals surface area contributed by atoms with Crippen LogP contribution in [0.3, 0.4) is 0 Å². The van der Waals surface area contributed by atoms with Gasteiger partial charge in [0.1, 0.15) is 0 Å². The second kappa shape index (κ2) is 7.65. The van der Waals surface area contributed by atoms with E-state index in [1.54, 1.807) is 0 Å². The smallest absolute Gasteiger partial charge is 0.317 e. The van der Waals surface area contributed by atoms with E-state index in [1.165, 1.54) is 0 Å². The van der Waals surface area contributed by atoms with Gasteiger partial charge in [0.25, 0.3) is 0 Å². The monoisotopic (exact) mass is 286 g/mol. The zero-order valence-corrected chi connectivity index (χ0v) is 13.0. The molecule has 19 heavy (non-hydrogen) atoms. The first kappa shape index (κ1) is 16.2. The maximum atomic E-state index is 11.9. The van der Waals surface area contributed by atoms with Crippen LogP contribution in [-0.2, 0) is 0 Å². The van der Waals surface area contributed by atoms with Gasteiger partial charge in [0.15, 0.2) is 0 Å². The second-order valence-electron chi connectivity index (χ2n) is 5.33. The molecule has 6 heteroatoms. The van der Waals surface area contributed by atoms with Crippen molar-refractivity contribution in [1.29, 1.82) is 0 Å². The molecule has 5 nitrogen and oxygen atoms in total. The standard InChI is InChI=1S/C13H26N4OS/c1-4-5-11(12(14)19)16-6-8-17(9-7-16)13(18)15-10(2)3/h10-11H,4-9H2,1-3H3,(H2,14,19)(H,15,18). The first-order valence-electron chi connectivity index (χ1n) is 7.04. The number of carbonyl (C=O) groups is 1. The van der Waals surface area contributed by atoms with Gasteiger partial charge >= 0.3 is 6.03 Å². The number of carbonyl (C=O) groups excluding carboxylic acids is 1. The number of amides is 2. The van der Waals surface area contributed by atoms with Crippen LogP contribution < -0.4 is 11.1 Å². The molecule has 2 amide bonds. The van der Waals surface area contributed by atoms with Crippen molar-refractivity contribution in [3.8, 4) is 0 Å². The lowest BCUT2D eigenvalue weighted by atomic mass is 10.1. The molecule has 0 saturated carbocycles. The van der Waals surface area contributed by atoms with E-state index in [1.807, 2.05) is 18.7 Å². The molecular weight excluding hydrogens is 260 g/mol. The number of urea groups is 1. The van der Waals surface area contributed by atoms with E-state index in [9.17, 15) is 4.79 Å². The highest BCUT2D eigenvalue weighted by Crippen LogP contribution is 2.12. The summed E-state index contributed by atoms with van der Waals surface area (Å²) >= 11 is 5.14. The van der Waals surface area contributed by atoms with Crippen molar-refractivity contribution in [2.75, 3.05) is 26.2 Å². The number of nitrogens with two attached hydrogens (primary N) is 1. The molecule has 1 atom stereocenters. The van der Waals surface area contributed by atoms with Crippen LogP contribution in [0.15, 0.2) is 0 Å². The maximum absolute atomic E-state index is 11.9. The molecule has 0 aromatic heterocycles. The van der Waals surface area contributed by atoms with Crippen LogP contribution in [0, 0.1) is 0 Å². The van der Waals surface area contributed by atoms with Gasteiger partial charge in [-0.2, -0.15) is 0 Å². The summed E-state index contributed by atoms with van der Waals surface area (Å²) in [6, 6.07) is 0.377. The topological polar surface area (TPSA) is 61.6 Å². The number of nitrogens with zero attached hydrogens (tertiary/aromatic N) is 2. The molecule has 1 heterocycles. The number of hydrogen-bond donors (Lipinski definition) is 2. The van der Waals surface area contributed by atoms with Gasteiger partial charge in [-0.05, 0) is 20.3 Å². The summed E-state index contributed by atoms with van der Waals surface area (Å²) < 4.78 is 0. The van der Waals surface area contributed by atoms with Crippen LogP contribution >= 0.6 is 12.2 Å². The Labute approximate surface area is 121 Å². The molecule has 3 N–H and O–H groups in total. The number of piperazine rings is 1. The Kier molecular flexibility index (Phi) is 6.51. The van der Waals surface area contributed by atoms with Crippen LogP contribution in [0.4, 0.5) is 4.79 Å². The summed E-state index contributed by atoms with van der Waals surface area (Å²) in [5, 5.41) is 2.92. The molecule has 1 aliphatic rings. The Hall–Kier alpha value is -0.880. The highest BCUT2D eigenvalue weighted by molar-refractivity contribution is 7.80. The first-order valence-corrected chi connectivity index (χ1v) is 7.45. The average molecular weight is 286 g/mol. The Morgan fingerprint density at radius 3 is 2.32 bits per heavy atom. The van der Waals surface area contributed by atoms with Crippen molar-refractivity contribution in [3.05, 3.63) is 0 Å². The third kappa shape index (κ3) is 4.95. The predicted molar refractivity (Wildman–Crippen MR) is 82.3 cm³/mol. The molecule has 1 fully saturated rings. The fraction of sp³-hybridized carbons (Fsp3) is 0.846. The third-order valence-electron chi connectivity index (χ3n) is 3.34. The Balaban J connectivity index is 2.47. The Bertz CT molecular complexity index is 314. The van der Waals surface area contributed by atoms with Crippen LogP contribution in [0.5, 0.6) is 0 Å². The molecule has 1 rings (SSSR count). The molecule has 1 aliphatic heterocycles. The normalized spacial score (nSPS) is 18.4. The molecule has 110 valence electrons. The van der Waals surface area contributed by atoms with Gasteiger partial charge in [-0.15, -0.1) is 0 Å². The summed E-state index contributed by atoms with van der Waals surface area (Å²) in [4.78, 5) is 16.6. The minimum absolute atomic E-state index is 0.0250. The molecule has 0 aliphatic carbocycles. The minimum Gasteiger partial charge on any atom is -0.392 e.